The highest BCUT2D eigenvalue weighted by atomic mass is 15.2. The highest BCUT2D eigenvalue weighted by Gasteiger charge is 2.24. The van der Waals surface area contributed by atoms with Crippen LogP contribution in [0.4, 0.5) is 5.82 Å². The second-order valence-electron chi connectivity index (χ2n) is 5.80. The zero-order valence-electron chi connectivity index (χ0n) is 11.9. The van der Waals surface area contributed by atoms with E-state index in [0.717, 1.165) is 12.4 Å². The van der Waals surface area contributed by atoms with Crippen molar-refractivity contribution >= 4 is 11.7 Å². The molecular weight excluding hydrogens is 236 g/mol. The summed E-state index contributed by atoms with van der Waals surface area (Å²) in [6.07, 6.45) is 6.89. The Kier molecular flexibility index (Phi) is 4.40. The maximum atomic E-state index is 7.42. The molecule has 19 heavy (non-hydrogen) atoms. The highest BCUT2D eigenvalue weighted by molar-refractivity contribution is 5.94. The minimum Gasteiger partial charge on any atom is -0.384 e. The molecule has 0 atom stereocenters. The first kappa shape index (κ1) is 13.8. The summed E-state index contributed by atoms with van der Waals surface area (Å²) in [6, 6.07) is 4.52. The number of rotatable bonds is 5. The Morgan fingerprint density at radius 3 is 2.58 bits per heavy atom. The Hall–Kier alpha value is -1.58. The molecule has 0 spiro atoms. The lowest BCUT2D eigenvalue weighted by Gasteiger charge is -2.31. The first-order valence-electron chi connectivity index (χ1n) is 7.15. The standard InChI is InChI=1S/C15H24N4/c1-11(2)10-19(13-5-3-4-6-13)14-8-7-12(9-18-14)15(16)17/h7-9,11,13H,3-6,10H2,1-2H3,(H3,16,17). The summed E-state index contributed by atoms with van der Waals surface area (Å²) in [6.45, 7) is 5.52. The molecule has 3 N–H and O–H groups in total. The van der Waals surface area contributed by atoms with Gasteiger partial charge in [-0.1, -0.05) is 26.7 Å². The molecule has 0 unspecified atom stereocenters. The van der Waals surface area contributed by atoms with Crippen molar-refractivity contribution < 1.29 is 0 Å². The van der Waals surface area contributed by atoms with E-state index in [-0.39, 0.29) is 5.84 Å². The predicted molar refractivity (Wildman–Crippen MR) is 79.7 cm³/mol. The van der Waals surface area contributed by atoms with Crippen LogP contribution in [0.5, 0.6) is 0 Å². The van der Waals surface area contributed by atoms with Gasteiger partial charge in [-0.15, -0.1) is 0 Å². The Bertz CT molecular complexity index is 418. The van der Waals surface area contributed by atoms with Gasteiger partial charge in [-0.05, 0) is 30.9 Å². The molecule has 1 aliphatic carbocycles. The van der Waals surface area contributed by atoms with Gasteiger partial charge in [0.05, 0.1) is 0 Å². The molecule has 4 nitrogen and oxygen atoms in total. The molecule has 4 heteroatoms. The number of nitrogens with one attached hydrogen (secondary N) is 1. The van der Waals surface area contributed by atoms with E-state index in [0.29, 0.717) is 17.5 Å². The van der Waals surface area contributed by atoms with Gasteiger partial charge in [0.15, 0.2) is 0 Å². The van der Waals surface area contributed by atoms with Crippen molar-refractivity contribution in [3.63, 3.8) is 0 Å². The quantitative estimate of drug-likeness (QED) is 0.632. The van der Waals surface area contributed by atoms with Gasteiger partial charge in [-0.3, -0.25) is 5.41 Å². The number of nitrogens with two attached hydrogens (primary N) is 1. The number of hydrogen-bond acceptors (Lipinski definition) is 3. The molecular formula is C15H24N4. The van der Waals surface area contributed by atoms with Gasteiger partial charge in [0.25, 0.3) is 0 Å². The zero-order chi connectivity index (χ0) is 13.8. The van der Waals surface area contributed by atoms with Crippen LogP contribution in [-0.2, 0) is 0 Å². The van der Waals surface area contributed by atoms with Crippen LogP contribution in [0.15, 0.2) is 18.3 Å². The van der Waals surface area contributed by atoms with Crippen molar-refractivity contribution in [1.82, 2.24) is 4.98 Å². The minimum absolute atomic E-state index is 0.0790. The molecule has 1 aliphatic rings. The van der Waals surface area contributed by atoms with Crippen LogP contribution in [0.2, 0.25) is 0 Å². The Labute approximate surface area is 115 Å². The first-order valence-corrected chi connectivity index (χ1v) is 7.15. The number of hydrogen-bond donors (Lipinski definition) is 2. The normalized spacial score (nSPS) is 15.9. The number of amidine groups is 1. The third kappa shape index (κ3) is 3.46. The van der Waals surface area contributed by atoms with Crippen LogP contribution in [0.25, 0.3) is 0 Å². The SMILES string of the molecule is CC(C)CN(c1ccc(C(=N)N)cn1)C1CCCC1. The average Bonchev–Trinajstić information content (AvgIpc) is 2.89. The van der Waals surface area contributed by atoms with E-state index in [1.54, 1.807) is 6.20 Å². The van der Waals surface area contributed by atoms with E-state index in [2.05, 4.69) is 23.7 Å². The van der Waals surface area contributed by atoms with Gasteiger partial charge in [0.1, 0.15) is 11.7 Å². The maximum Gasteiger partial charge on any atom is 0.128 e. The molecule has 0 radical (unpaired) electrons. The van der Waals surface area contributed by atoms with Crippen molar-refractivity contribution in [2.24, 2.45) is 11.7 Å². The maximum absolute atomic E-state index is 7.42. The smallest absolute Gasteiger partial charge is 0.128 e. The molecule has 1 heterocycles. The number of nitrogen functional groups attached to an aromatic ring is 1. The van der Waals surface area contributed by atoms with E-state index in [4.69, 9.17) is 11.1 Å². The molecule has 0 aliphatic heterocycles. The fourth-order valence-electron chi connectivity index (χ4n) is 2.75. The van der Waals surface area contributed by atoms with Crippen molar-refractivity contribution in [3.05, 3.63) is 23.9 Å². The van der Waals surface area contributed by atoms with E-state index < -0.39 is 0 Å². The molecule has 1 aromatic heterocycles. The average molecular weight is 260 g/mol. The largest absolute Gasteiger partial charge is 0.384 e. The van der Waals surface area contributed by atoms with Crippen molar-refractivity contribution in [1.29, 1.82) is 5.41 Å². The third-order valence-corrected chi connectivity index (χ3v) is 3.68. The summed E-state index contributed by atoms with van der Waals surface area (Å²) in [5.74, 6) is 1.72. The highest BCUT2D eigenvalue weighted by Crippen LogP contribution is 2.27. The molecule has 1 fully saturated rings. The predicted octanol–water partition coefficient (Wildman–Crippen LogP) is 2.77. The second kappa shape index (κ2) is 6.04. The number of anilines is 1. The molecule has 104 valence electrons. The first-order chi connectivity index (χ1) is 9.08. The van der Waals surface area contributed by atoms with Crippen LogP contribution in [-0.4, -0.2) is 23.4 Å². The van der Waals surface area contributed by atoms with Crippen molar-refractivity contribution in [2.75, 3.05) is 11.4 Å². The van der Waals surface area contributed by atoms with Gasteiger partial charge in [0, 0.05) is 24.3 Å². The van der Waals surface area contributed by atoms with E-state index in [1.165, 1.54) is 25.7 Å². The number of pyridine rings is 1. The van der Waals surface area contributed by atoms with Gasteiger partial charge in [0.2, 0.25) is 0 Å². The summed E-state index contributed by atoms with van der Waals surface area (Å²) >= 11 is 0. The fraction of sp³-hybridized carbons (Fsp3) is 0.600. The molecule has 0 amide bonds. The number of nitrogens with zero attached hydrogens (tertiary/aromatic N) is 2. The summed E-state index contributed by atoms with van der Waals surface area (Å²) in [7, 11) is 0. The van der Waals surface area contributed by atoms with Gasteiger partial charge >= 0.3 is 0 Å². The molecule has 1 aromatic rings. The molecule has 0 aromatic carbocycles. The van der Waals surface area contributed by atoms with Gasteiger partial charge in [-0.25, -0.2) is 4.98 Å². The number of aromatic nitrogens is 1. The van der Waals surface area contributed by atoms with Gasteiger partial charge in [-0.2, -0.15) is 0 Å². The Balaban J connectivity index is 2.18. The summed E-state index contributed by atoms with van der Waals surface area (Å²) < 4.78 is 0. The van der Waals surface area contributed by atoms with Crippen LogP contribution >= 0.6 is 0 Å². The Morgan fingerprint density at radius 2 is 2.11 bits per heavy atom. The van der Waals surface area contributed by atoms with Crippen LogP contribution in [0, 0.1) is 11.3 Å². The monoisotopic (exact) mass is 260 g/mol. The van der Waals surface area contributed by atoms with E-state index in [9.17, 15) is 0 Å². The Morgan fingerprint density at radius 1 is 1.42 bits per heavy atom. The van der Waals surface area contributed by atoms with Crippen molar-refractivity contribution in [3.8, 4) is 0 Å². The minimum atomic E-state index is 0.0790. The van der Waals surface area contributed by atoms with Gasteiger partial charge < -0.3 is 10.6 Å². The van der Waals surface area contributed by atoms with E-state index >= 15 is 0 Å². The van der Waals surface area contributed by atoms with Crippen LogP contribution in [0.3, 0.4) is 0 Å². The second-order valence-corrected chi connectivity index (χ2v) is 5.80. The topological polar surface area (TPSA) is 66.0 Å². The van der Waals surface area contributed by atoms with Crippen molar-refractivity contribution in [2.45, 2.75) is 45.6 Å². The summed E-state index contributed by atoms with van der Waals surface area (Å²) in [4.78, 5) is 6.94. The molecule has 2 rings (SSSR count). The molecule has 0 saturated heterocycles. The molecule has 1 saturated carbocycles. The van der Waals surface area contributed by atoms with Crippen LogP contribution in [0.1, 0.15) is 45.1 Å². The lowest BCUT2D eigenvalue weighted by molar-refractivity contribution is 0.531. The lowest BCUT2D eigenvalue weighted by Crippen LogP contribution is -2.37. The lowest BCUT2D eigenvalue weighted by atomic mass is 10.1. The van der Waals surface area contributed by atoms with Crippen LogP contribution < -0.4 is 10.6 Å². The van der Waals surface area contributed by atoms with E-state index in [1.807, 2.05) is 12.1 Å². The zero-order valence-corrected chi connectivity index (χ0v) is 11.9. The fourth-order valence-corrected chi connectivity index (χ4v) is 2.75. The molecule has 0 bridgehead atoms. The summed E-state index contributed by atoms with van der Waals surface area (Å²) in [5.41, 5.74) is 6.17. The third-order valence-electron chi connectivity index (χ3n) is 3.68. The summed E-state index contributed by atoms with van der Waals surface area (Å²) in [5, 5.41) is 7.42.